The van der Waals surface area contributed by atoms with E-state index in [4.69, 9.17) is 13.9 Å². The van der Waals surface area contributed by atoms with Crippen LogP contribution in [0.1, 0.15) is 29.5 Å². The molecule has 29 heavy (non-hydrogen) atoms. The zero-order valence-corrected chi connectivity index (χ0v) is 16.4. The second-order valence-corrected chi connectivity index (χ2v) is 7.87. The van der Waals surface area contributed by atoms with Gasteiger partial charge >= 0.3 is 0 Å². The van der Waals surface area contributed by atoms with E-state index in [2.05, 4.69) is 27.6 Å². The maximum atomic E-state index is 12.3. The predicted octanol–water partition coefficient (Wildman–Crippen LogP) is 3.80. The van der Waals surface area contributed by atoms with Crippen LogP contribution in [0.15, 0.2) is 52.1 Å². The maximum absolute atomic E-state index is 12.3. The monoisotopic (exact) mass is 409 g/mol. The van der Waals surface area contributed by atoms with E-state index in [1.54, 1.807) is 0 Å². The number of anilines is 1. The SMILES string of the molecule is O=C(CSc1nnc([C@@H]2COc3ccccc3O2)o1)Nc1ccc2c(c1)CCC2. The number of aryl methyl sites for hydroxylation is 2. The molecule has 0 unspecified atom stereocenters. The second kappa shape index (κ2) is 7.79. The molecule has 0 saturated carbocycles. The molecular weight excluding hydrogens is 390 g/mol. The zero-order valence-electron chi connectivity index (χ0n) is 15.6. The molecule has 5 rings (SSSR count). The molecule has 1 aliphatic carbocycles. The van der Waals surface area contributed by atoms with Crippen LogP contribution in [0, 0.1) is 0 Å². The summed E-state index contributed by atoms with van der Waals surface area (Å²) in [5, 5.41) is 11.3. The molecular formula is C21H19N3O4S. The Balaban J connectivity index is 1.16. The Morgan fingerprint density at radius 1 is 1.10 bits per heavy atom. The number of rotatable bonds is 5. The van der Waals surface area contributed by atoms with Crippen LogP contribution >= 0.6 is 11.8 Å². The summed E-state index contributed by atoms with van der Waals surface area (Å²) < 4.78 is 17.2. The van der Waals surface area contributed by atoms with E-state index in [-0.39, 0.29) is 11.7 Å². The lowest BCUT2D eigenvalue weighted by molar-refractivity contribution is -0.113. The van der Waals surface area contributed by atoms with Gasteiger partial charge < -0.3 is 19.2 Å². The lowest BCUT2D eigenvalue weighted by atomic mass is 10.1. The number of nitrogens with zero attached hydrogens (tertiary/aromatic N) is 2. The number of thioether (sulfide) groups is 1. The van der Waals surface area contributed by atoms with Crippen LogP contribution in [0.4, 0.5) is 5.69 Å². The normalized spacial score (nSPS) is 17.0. The van der Waals surface area contributed by atoms with E-state index >= 15 is 0 Å². The minimum Gasteiger partial charge on any atom is -0.485 e. The lowest BCUT2D eigenvalue weighted by Gasteiger charge is -2.23. The molecule has 3 aromatic rings. The lowest BCUT2D eigenvalue weighted by Crippen LogP contribution is -2.21. The van der Waals surface area contributed by atoms with Crippen LogP contribution in [0.5, 0.6) is 11.5 Å². The highest BCUT2D eigenvalue weighted by molar-refractivity contribution is 7.99. The Labute approximate surface area is 171 Å². The third-order valence-electron chi connectivity index (χ3n) is 4.92. The smallest absolute Gasteiger partial charge is 0.277 e. The highest BCUT2D eigenvalue weighted by Gasteiger charge is 2.27. The number of carbonyl (C=O) groups is 1. The zero-order chi connectivity index (χ0) is 19.6. The average molecular weight is 409 g/mol. The van der Waals surface area contributed by atoms with Crippen molar-refractivity contribution in [2.24, 2.45) is 0 Å². The molecule has 2 heterocycles. The number of hydrogen-bond acceptors (Lipinski definition) is 7. The van der Waals surface area contributed by atoms with Gasteiger partial charge in [-0.25, -0.2) is 0 Å². The standard InChI is InChI=1S/C21H19N3O4S/c25-19(22-15-9-8-13-4-3-5-14(13)10-15)12-29-21-24-23-20(28-21)18-11-26-16-6-1-2-7-17(16)27-18/h1-2,6-10,18H,3-5,11-12H2,(H,22,25)/t18-/m0/s1. The van der Waals surface area contributed by atoms with Crippen molar-refractivity contribution in [3.8, 4) is 11.5 Å². The summed E-state index contributed by atoms with van der Waals surface area (Å²) in [6, 6.07) is 13.6. The van der Waals surface area contributed by atoms with Crippen molar-refractivity contribution in [3.63, 3.8) is 0 Å². The highest BCUT2D eigenvalue weighted by Crippen LogP contribution is 2.36. The molecule has 2 aliphatic rings. The number of benzene rings is 2. The number of carbonyl (C=O) groups excluding carboxylic acids is 1. The summed E-state index contributed by atoms with van der Waals surface area (Å²) in [6.45, 7) is 0.294. The number of nitrogens with one attached hydrogen (secondary N) is 1. The molecule has 0 bridgehead atoms. The van der Waals surface area contributed by atoms with Crippen molar-refractivity contribution in [2.75, 3.05) is 17.7 Å². The summed E-state index contributed by atoms with van der Waals surface area (Å²) in [5.74, 6) is 1.75. The van der Waals surface area contributed by atoms with E-state index in [1.807, 2.05) is 30.3 Å². The molecule has 1 atom stereocenters. The first-order valence-electron chi connectivity index (χ1n) is 9.51. The van der Waals surface area contributed by atoms with Crippen molar-refractivity contribution in [1.29, 1.82) is 0 Å². The fourth-order valence-electron chi connectivity index (χ4n) is 3.52. The molecule has 2 aromatic carbocycles. The molecule has 1 N–H and O–H groups in total. The Hall–Kier alpha value is -3.00. The molecule has 8 heteroatoms. The minimum absolute atomic E-state index is 0.112. The fraction of sp³-hybridized carbons (Fsp3) is 0.286. The van der Waals surface area contributed by atoms with Crippen molar-refractivity contribution in [3.05, 3.63) is 59.5 Å². The van der Waals surface area contributed by atoms with E-state index in [0.29, 0.717) is 29.2 Å². The molecule has 0 fully saturated rings. The predicted molar refractivity (Wildman–Crippen MR) is 107 cm³/mol. The molecule has 148 valence electrons. The average Bonchev–Trinajstić information content (AvgIpc) is 3.41. The summed E-state index contributed by atoms with van der Waals surface area (Å²) in [6.07, 6.45) is 2.92. The Morgan fingerprint density at radius 2 is 1.97 bits per heavy atom. The van der Waals surface area contributed by atoms with E-state index in [0.717, 1.165) is 18.5 Å². The van der Waals surface area contributed by atoms with Crippen LogP contribution in [0.25, 0.3) is 0 Å². The van der Waals surface area contributed by atoms with Crippen molar-refractivity contribution < 1.29 is 18.7 Å². The highest BCUT2D eigenvalue weighted by atomic mass is 32.2. The van der Waals surface area contributed by atoms with Crippen LogP contribution in [0.2, 0.25) is 0 Å². The van der Waals surface area contributed by atoms with Crippen molar-refractivity contribution in [1.82, 2.24) is 10.2 Å². The van der Waals surface area contributed by atoms with Gasteiger partial charge in [0.25, 0.3) is 11.1 Å². The van der Waals surface area contributed by atoms with Gasteiger partial charge in [0.1, 0.15) is 6.61 Å². The summed E-state index contributed by atoms with van der Waals surface area (Å²) in [4.78, 5) is 12.3. The quantitative estimate of drug-likeness (QED) is 0.642. The van der Waals surface area contributed by atoms with Crippen LogP contribution in [-0.4, -0.2) is 28.5 Å². The van der Waals surface area contributed by atoms with Gasteiger partial charge in [-0.2, -0.15) is 0 Å². The first-order chi connectivity index (χ1) is 14.2. The summed E-state index contributed by atoms with van der Waals surface area (Å²) in [7, 11) is 0. The van der Waals surface area contributed by atoms with Crippen LogP contribution in [-0.2, 0) is 17.6 Å². The van der Waals surface area contributed by atoms with Gasteiger partial charge in [-0.1, -0.05) is 30.0 Å². The Morgan fingerprint density at radius 3 is 2.90 bits per heavy atom. The van der Waals surface area contributed by atoms with Gasteiger partial charge in [-0.15, -0.1) is 10.2 Å². The number of aromatic nitrogens is 2. The largest absolute Gasteiger partial charge is 0.485 e. The van der Waals surface area contributed by atoms with Crippen LogP contribution in [0.3, 0.4) is 0 Å². The Bertz CT molecular complexity index is 1050. The van der Waals surface area contributed by atoms with Gasteiger partial charge in [0.05, 0.1) is 5.75 Å². The molecule has 1 amide bonds. The number of fused-ring (bicyclic) bond motifs is 2. The van der Waals surface area contributed by atoms with Gasteiger partial charge in [-0.3, -0.25) is 4.79 Å². The number of ether oxygens (including phenoxy) is 2. The summed E-state index contributed by atoms with van der Waals surface area (Å²) >= 11 is 1.19. The molecule has 1 aromatic heterocycles. The first-order valence-corrected chi connectivity index (χ1v) is 10.5. The number of para-hydroxylation sites is 2. The summed E-state index contributed by atoms with van der Waals surface area (Å²) in [5.41, 5.74) is 3.54. The molecule has 0 radical (unpaired) electrons. The topological polar surface area (TPSA) is 86.5 Å². The molecule has 0 saturated heterocycles. The van der Waals surface area contributed by atoms with Crippen LogP contribution < -0.4 is 14.8 Å². The van der Waals surface area contributed by atoms with E-state index in [1.165, 1.54) is 29.3 Å². The van der Waals surface area contributed by atoms with E-state index in [9.17, 15) is 4.79 Å². The van der Waals surface area contributed by atoms with Gasteiger partial charge in [0.2, 0.25) is 12.0 Å². The van der Waals surface area contributed by atoms with E-state index < -0.39 is 6.10 Å². The molecule has 7 nitrogen and oxygen atoms in total. The maximum Gasteiger partial charge on any atom is 0.277 e. The van der Waals surface area contributed by atoms with Gasteiger partial charge in [0.15, 0.2) is 11.5 Å². The van der Waals surface area contributed by atoms with Crippen molar-refractivity contribution >= 4 is 23.4 Å². The van der Waals surface area contributed by atoms with Crippen molar-refractivity contribution in [2.45, 2.75) is 30.6 Å². The third-order valence-corrected chi connectivity index (χ3v) is 5.73. The number of hydrogen-bond donors (Lipinski definition) is 1. The van der Waals surface area contributed by atoms with Gasteiger partial charge in [0, 0.05) is 5.69 Å². The molecule has 0 spiro atoms. The first kappa shape index (κ1) is 18.1. The number of amides is 1. The third kappa shape index (κ3) is 3.93. The molecule has 1 aliphatic heterocycles. The second-order valence-electron chi connectivity index (χ2n) is 6.94. The Kier molecular flexibility index (Phi) is 4.85. The van der Waals surface area contributed by atoms with Gasteiger partial charge in [-0.05, 0) is 54.7 Å². The minimum atomic E-state index is -0.466. The fourth-order valence-corrected chi connectivity index (χ4v) is 4.09.